The molecule has 0 atom stereocenters. The zero-order valence-electron chi connectivity index (χ0n) is 14.1. The first kappa shape index (κ1) is 16.5. The zero-order chi connectivity index (χ0) is 18.3. The zero-order valence-corrected chi connectivity index (χ0v) is 15.0. The van der Waals surface area contributed by atoms with E-state index in [2.05, 4.69) is 0 Å². The lowest BCUT2D eigenvalue weighted by Gasteiger charge is -2.10. The number of rotatable bonds is 3. The van der Waals surface area contributed by atoms with Crippen molar-refractivity contribution in [1.82, 2.24) is 0 Å². The molecule has 128 valence electrons. The molecule has 0 saturated carbocycles. The lowest BCUT2D eigenvalue weighted by Crippen LogP contribution is -2.05. The highest BCUT2D eigenvalue weighted by molar-refractivity contribution is 8.01. The first-order valence-electron chi connectivity index (χ1n) is 8.26. The SMILES string of the molecule is Cc1ccc(S(=O)(=O)C2=C(c3ccccc3)C(=O)c3ccccc32)cc1. The van der Waals surface area contributed by atoms with Gasteiger partial charge in [-0.25, -0.2) is 8.42 Å². The van der Waals surface area contributed by atoms with Gasteiger partial charge in [-0.15, -0.1) is 0 Å². The van der Waals surface area contributed by atoms with Crippen LogP contribution in [-0.2, 0) is 9.84 Å². The Bertz CT molecular complexity index is 1140. The molecule has 0 aliphatic heterocycles. The topological polar surface area (TPSA) is 51.2 Å². The van der Waals surface area contributed by atoms with Gasteiger partial charge in [-0.05, 0) is 24.6 Å². The third kappa shape index (κ3) is 2.50. The number of sulfone groups is 1. The highest BCUT2D eigenvalue weighted by Gasteiger charge is 2.37. The summed E-state index contributed by atoms with van der Waals surface area (Å²) in [6.45, 7) is 1.90. The summed E-state index contributed by atoms with van der Waals surface area (Å²) in [5, 5.41) is 0. The minimum absolute atomic E-state index is 0.0909. The summed E-state index contributed by atoms with van der Waals surface area (Å²) in [6.07, 6.45) is 0. The van der Waals surface area contributed by atoms with Crippen molar-refractivity contribution in [2.75, 3.05) is 0 Å². The van der Waals surface area contributed by atoms with Crippen molar-refractivity contribution in [3.8, 4) is 0 Å². The molecule has 26 heavy (non-hydrogen) atoms. The van der Waals surface area contributed by atoms with E-state index in [-0.39, 0.29) is 21.2 Å². The van der Waals surface area contributed by atoms with Crippen LogP contribution < -0.4 is 0 Å². The van der Waals surface area contributed by atoms with Crippen LogP contribution in [0.15, 0.2) is 83.8 Å². The number of benzene rings is 3. The number of allylic oxidation sites excluding steroid dienone is 1. The van der Waals surface area contributed by atoms with Gasteiger partial charge in [0, 0.05) is 16.7 Å². The molecule has 1 aliphatic rings. The van der Waals surface area contributed by atoms with Gasteiger partial charge in [0.2, 0.25) is 9.84 Å². The summed E-state index contributed by atoms with van der Waals surface area (Å²) >= 11 is 0. The molecule has 3 aromatic carbocycles. The maximum absolute atomic E-state index is 13.4. The largest absolute Gasteiger partial charge is 0.289 e. The van der Waals surface area contributed by atoms with E-state index in [9.17, 15) is 13.2 Å². The van der Waals surface area contributed by atoms with E-state index in [0.29, 0.717) is 16.7 Å². The molecule has 0 spiro atoms. The Morgan fingerprint density at radius 1 is 0.692 bits per heavy atom. The van der Waals surface area contributed by atoms with Crippen LogP contribution in [0.3, 0.4) is 0 Å². The van der Waals surface area contributed by atoms with E-state index < -0.39 is 9.84 Å². The molecule has 3 aromatic rings. The van der Waals surface area contributed by atoms with E-state index >= 15 is 0 Å². The Morgan fingerprint density at radius 2 is 1.27 bits per heavy atom. The molecular formula is C22H16O3S. The van der Waals surface area contributed by atoms with Gasteiger partial charge >= 0.3 is 0 Å². The summed E-state index contributed by atoms with van der Waals surface area (Å²) < 4.78 is 26.9. The van der Waals surface area contributed by atoms with Crippen molar-refractivity contribution in [3.05, 3.63) is 101 Å². The molecule has 4 rings (SSSR count). The summed E-state index contributed by atoms with van der Waals surface area (Å²) in [4.78, 5) is 13.3. The van der Waals surface area contributed by atoms with E-state index in [1.54, 1.807) is 72.8 Å². The molecule has 0 amide bonds. The van der Waals surface area contributed by atoms with Crippen molar-refractivity contribution in [2.45, 2.75) is 11.8 Å². The van der Waals surface area contributed by atoms with Gasteiger partial charge in [-0.2, -0.15) is 0 Å². The summed E-state index contributed by atoms with van der Waals surface area (Å²) in [5.74, 6) is -0.252. The first-order chi connectivity index (χ1) is 12.5. The van der Waals surface area contributed by atoms with Crippen molar-refractivity contribution in [2.24, 2.45) is 0 Å². The van der Waals surface area contributed by atoms with Gasteiger partial charge in [0.25, 0.3) is 0 Å². The average Bonchev–Trinajstić information content (AvgIpc) is 2.96. The average molecular weight is 360 g/mol. The van der Waals surface area contributed by atoms with E-state index in [1.165, 1.54) is 0 Å². The number of ketones is 1. The normalized spacial score (nSPS) is 13.8. The second-order valence-corrected chi connectivity index (χ2v) is 8.15. The second kappa shape index (κ2) is 6.07. The van der Waals surface area contributed by atoms with Crippen molar-refractivity contribution >= 4 is 26.1 Å². The number of carbonyl (C=O) groups is 1. The number of Topliss-reactive ketones (excluding diaryl/α,β-unsaturated/α-hetero) is 1. The lowest BCUT2D eigenvalue weighted by atomic mass is 10.0. The van der Waals surface area contributed by atoms with Gasteiger partial charge < -0.3 is 0 Å². The summed E-state index contributed by atoms with van der Waals surface area (Å²) in [7, 11) is -3.84. The van der Waals surface area contributed by atoms with Crippen LogP contribution in [0.1, 0.15) is 27.0 Å². The molecule has 0 heterocycles. The van der Waals surface area contributed by atoms with Gasteiger partial charge in [-0.3, -0.25) is 4.79 Å². The van der Waals surface area contributed by atoms with Crippen LogP contribution in [0.4, 0.5) is 0 Å². The fourth-order valence-electron chi connectivity index (χ4n) is 3.23. The quantitative estimate of drug-likeness (QED) is 0.689. The number of fused-ring (bicyclic) bond motifs is 1. The Morgan fingerprint density at radius 3 is 1.92 bits per heavy atom. The Balaban J connectivity index is 2.04. The molecular weight excluding hydrogens is 344 g/mol. The van der Waals surface area contributed by atoms with E-state index in [4.69, 9.17) is 0 Å². The minimum atomic E-state index is -3.84. The number of hydrogen-bond acceptors (Lipinski definition) is 3. The molecule has 0 saturated heterocycles. The predicted octanol–water partition coefficient (Wildman–Crippen LogP) is 4.53. The highest BCUT2D eigenvalue weighted by atomic mass is 32.2. The number of carbonyl (C=O) groups excluding carboxylic acids is 1. The Labute approximate surface area is 152 Å². The van der Waals surface area contributed by atoms with Crippen LogP contribution in [0.25, 0.3) is 10.5 Å². The summed E-state index contributed by atoms with van der Waals surface area (Å²) in [5.41, 5.74) is 2.73. The third-order valence-electron chi connectivity index (χ3n) is 4.53. The van der Waals surface area contributed by atoms with Gasteiger partial charge in [0.15, 0.2) is 5.78 Å². The van der Waals surface area contributed by atoms with Crippen LogP contribution >= 0.6 is 0 Å². The van der Waals surface area contributed by atoms with Gasteiger partial charge in [-0.1, -0.05) is 72.3 Å². The minimum Gasteiger partial charge on any atom is -0.289 e. The van der Waals surface area contributed by atoms with E-state index in [1.807, 2.05) is 13.0 Å². The number of aryl methyl sites for hydroxylation is 1. The molecule has 0 N–H and O–H groups in total. The Hall–Kier alpha value is -2.98. The second-order valence-electron chi connectivity index (χ2n) is 6.26. The van der Waals surface area contributed by atoms with Crippen LogP contribution in [0.2, 0.25) is 0 Å². The predicted molar refractivity (Wildman–Crippen MR) is 102 cm³/mol. The first-order valence-corrected chi connectivity index (χ1v) is 9.74. The molecule has 0 fully saturated rings. The molecule has 3 nitrogen and oxygen atoms in total. The van der Waals surface area contributed by atoms with Gasteiger partial charge in [0.1, 0.15) is 0 Å². The number of hydrogen-bond donors (Lipinski definition) is 0. The smallest absolute Gasteiger partial charge is 0.207 e. The maximum Gasteiger partial charge on any atom is 0.207 e. The fraction of sp³-hybridized carbons (Fsp3) is 0.0455. The molecule has 4 heteroatoms. The lowest BCUT2D eigenvalue weighted by molar-refractivity contribution is 0.105. The fourth-order valence-corrected chi connectivity index (χ4v) is 4.91. The molecule has 0 aromatic heterocycles. The van der Waals surface area contributed by atoms with Crippen molar-refractivity contribution in [3.63, 3.8) is 0 Å². The van der Waals surface area contributed by atoms with Crippen molar-refractivity contribution < 1.29 is 13.2 Å². The van der Waals surface area contributed by atoms with Gasteiger partial charge in [0.05, 0.1) is 9.80 Å². The monoisotopic (exact) mass is 360 g/mol. The van der Waals surface area contributed by atoms with E-state index in [0.717, 1.165) is 5.56 Å². The Kier molecular flexibility index (Phi) is 3.85. The van der Waals surface area contributed by atoms with Crippen LogP contribution in [0, 0.1) is 6.92 Å². The molecule has 0 unspecified atom stereocenters. The maximum atomic E-state index is 13.4. The highest BCUT2D eigenvalue weighted by Crippen LogP contribution is 2.43. The third-order valence-corrected chi connectivity index (χ3v) is 6.39. The standard InChI is InChI=1S/C22H16O3S/c1-15-11-13-17(14-12-15)26(24,25)22-19-10-6-5-9-18(19)21(23)20(22)16-7-3-2-4-8-16/h2-14H,1H3. The molecule has 0 radical (unpaired) electrons. The molecule has 0 bridgehead atoms. The van der Waals surface area contributed by atoms with Crippen LogP contribution in [0.5, 0.6) is 0 Å². The summed E-state index contributed by atoms with van der Waals surface area (Å²) in [6, 6.07) is 22.6. The van der Waals surface area contributed by atoms with Crippen LogP contribution in [-0.4, -0.2) is 14.2 Å². The molecule has 1 aliphatic carbocycles. The van der Waals surface area contributed by atoms with Crippen molar-refractivity contribution in [1.29, 1.82) is 0 Å².